The summed E-state index contributed by atoms with van der Waals surface area (Å²) >= 11 is 12.8. The van der Waals surface area contributed by atoms with Crippen molar-refractivity contribution >= 4 is 51.6 Å². The first-order valence-corrected chi connectivity index (χ1v) is 11.8. The number of amides is 1. The van der Waals surface area contributed by atoms with Crippen LogP contribution in [0.4, 0.5) is 11.5 Å². The summed E-state index contributed by atoms with van der Waals surface area (Å²) in [6, 6.07) is 8.78. The number of halogens is 2. The third-order valence-electron chi connectivity index (χ3n) is 6.32. The summed E-state index contributed by atoms with van der Waals surface area (Å²) in [5.74, 6) is 1.40. The number of nitrogen functional groups attached to an aromatic ring is 1. The van der Waals surface area contributed by atoms with E-state index in [-0.39, 0.29) is 11.9 Å². The lowest BCUT2D eigenvalue weighted by atomic mass is 10.1. The van der Waals surface area contributed by atoms with Crippen molar-refractivity contribution in [2.75, 3.05) is 23.7 Å². The number of rotatable bonds is 5. The molecule has 2 aliphatic rings. The van der Waals surface area contributed by atoms with Crippen LogP contribution >= 0.6 is 23.2 Å². The van der Waals surface area contributed by atoms with Gasteiger partial charge in [-0.1, -0.05) is 28.4 Å². The van der Waals surface area contributed by atoms with Gasteiger partial charge < -0.3 is 20.5 Å². The fourth-order valence-electron chi connectivity index (χ4n) is 4.36. The average molecular weight is 498 g/mol. The van der Waals surface area contributed by atoms with Crippen molar-refractivity contribution in [3.63, 3.8) is 0 Å². The number of benzene rings is 2. The molecule has 0 spiro atoms. The molecule has 4 aromatic rings. The number of nitrogens with zero attached hydrogens (tertiary/aromatic N) is 5. The zero-order chi connectivity index (χ0) is 23.4. The Morgan fingerprint density at radius 3 is 2.82 bits per heavy atom. The van der Waals surface area contributed by atoms with Crippen molar-refractivity contribution in [3.05, 3.63) is 58.1 Å². The van der Waals surface area contributed by atoms with Gasteiger partial charge >= 0.3 is 0 Å². The highest BCUT2D eigenvalue weighted by Crippen LogP contribution is 2.38. The molecule has 2 aromatic carbocycles. The van der Waals surface area contributed by atoms with E-state index in [0.29, 0.717) is 44.9 Å². The van der Waals surface area contributed by atoms with Gasteiger partial charge in [0.15, 0.2) is 17.2 Å². The smallest absolute Gasteiger partial charge is 0.253 e. The summed E-state index contributed by atoms with van der Waals surface area (Å²) < 4.78 is 7.12. The van der Waals surface area contributed by atoms with Gasteiger partial charge in [-0.15, -0.1) is 0 Å². The van der Waals surface area contributed by atoms with Gasteiger partial charge in [-0.3, -0.25) is 4.79 Å². The highest BCUT2D eigenvalue weighted by atomic mass is 35.5. The lowest BCUT2D eigenvalue weighted by Gasteiger charge is -2.19. The van der Waals surface area contributed by atoms with E-state index in [4.69, 9.17) is 33.5 Å². The van der Waals surface area contributed by atoms with Crippen LogP contribution in [0.15, 0.2) is 41.2 Å². The van der Waals surface area contributed by atoms with E-state index >= 15 is 0 Å². The number of carbonyl (C=O) groups excluding carboxylic acids is 1. The van der Waals surface area contributed by atoms with Crippen molar-refractivity contribution in [3.8, 4) is 5.69 Å². The molecule has 1 saturated carbocycles. The Kier molecular flexibility index (Phi) is 5.11. The molecule has 1 saturated heterocycles. The van der Waals surface area contributed by atoms with Gasteiger partial charge in [-0.05, 0) is 49.6 Å². The second-order valence-corrected chi connectivity index (χ2v) is 9.60. The molecule has 11 heteroatoms. The van der Waals surface area contributed by atoms with Crippen LogP contribution in [-0.4, -0.2) is 45.0 Å². The van der Waals surface area contributed by atoms with Crippen molar-refractivity contribution < 1.29 is 9.32 Å². The minimum atomic E-state index is -0.221. The van der Waals surface area contributed by atoms with Gasteiger partial charge in [0.1, 0.15) is 6.33 Å². The fraction of sp³-hybridized carbons (Fsp3) is 0.304. The zero-order valence-corrected chi connectivity index (χ0v) is 19.6. The highest BCUT2D eigenvalue weighted by Gasteiger charge is 2.29. The molecule has 1 aliphatic carbocycles. The molecule has 34 heavy (non-hydrogen) atoms. The van der Waals surface area contributed by atoms with E-state index in [2.05, 4.69) is 25.5 Å². The predicted molar refractivity (Wildman–Crippen MR) is 130 cm³/mol. The SMILES string of the molecule is Nc1noc2c(N3CC[C@@H](NC(=O)c4ccc(-n5cnc(C6CC6)n5)cc4Cl)C3)cc(Cl)cc12. The van der Waals surface area contributed by atoms with E-state index in [1.54, 1.807) is 29.2 Å². The average Bonchev–Trinajstić information content (AvgIpc) is 3.19. The van der Waals surface area contributed by atoms with Crippen LogP contribution in [0.25, 0.3) is 16.7 Å². The summed E-state index contributed by atoms with van der Waals surface area (Å²) in [7, 11) is 0. The zero-order valence-electron chi connectivity index (χ0n) is 18.0. The number of aromatic nitrogens is 4. The van der Waals surface area contributed by atoms with Crippen molar-refractivity contribution in [2.24, 2.45) is 0 Å². The summed E-state index contributed by atoms with van der Waals surface area (Å²) in [5.41, 5.74) is 8.47. The highest BCUT2D eigenvalue weighted by molar-refractivity contribution is 6.34. The van der Waals surface area contributed by atoms with Crippen LogP contribution in [0, 0.1) is 0 Å². The molecule has 0 bridgehead atoms. The molecular formula is C23H21Cl2N7O2. The van der Waals surface area contributed by atoms with Gasteiger partial charge in [0.25, 0.3) is 5.91 Å². The molecule has 1 atom stereocenters. The molecule has 3 heterocycles. The van der Waals surface area contributed by atoms with Gasteiger partial charge in [-0.2, -0.15) is 5.10 Å². The van der Waals surface area contributed by atoms with Gasteiger partial charge in [0, 0.05) is 30.1 Å². The second-order valence-electron chi connectivity index (χ2n) is 8.76. The number of hydrogen-bond donors (Lipinski definition) is 2. The lowest BCUT2D eigenvalue weighted by molar-refractivity contribution is 0.0940. The van der Waals surface area contributed by atoms with Crippen LogP contribution in [0.1, 0.15) is 41.4 Å². The Balaban J connectivity index is 1.15. The number of nitrogens with one attached hydrogen (secondary N) is 1. The van der Waals surface area contributed by atoms with Gasteiger partial charge in [-0.25, -0.2) is 9.67 Å². The van der Waals surface area contributed by atoms with E-state index in [1.807, 2.05) is 12.1 Å². The Morgan fingerprint density at radius 2 is 2.03 bits per heavy atom. The summed E-state index contributed by atoms with van der Waals surface area (Å²) in [6.45, 7) is 1.32. The molecule has 1 aliphatic heterocycles. The maximum atomic E-state index is 13.0. The summed E-state index contributed by atoms with van der Waals surface area (Å²) in [4.78, 5) is 19.4. The molecule has 2 fully saturated rings. The quantitative estimate of drug-likeness (QED) is 0.424. The van der Waals surface area contributed by atoms with E-state index in [9.17, 15) is 4.79 Å². The van der Waals surface area contributed by atoms with E-state index < -0.39 is 0 Å². The third kappa shape index (κ3) is 3.84. The van der Waals surface area contributed by atoms with E-state index in [0.717, 1.165) is 43.0 Å². The summed E-state index contributed by atoms with van der Waals surface area (Å²) in [5, 5.41) is 13.0. The van der Waals surface area contributed by atoms with Gasteiger partial charge in [0.2, 0.25) is 0 Å². The van der Waals surface area contributed by atoms with Crippen molar-refractivity contribution in [1.82, 2.24) is 25.2 Å². The Hall–Kier alpha value is -3.30. The molecule has 2 aromatic heterocycles. The van der Waals surface area contributed by atoms with E-state index in [1.165, 1.54) is 0 Å². The number of anilines is 2. The van der Waals surface area contributed by atoms with Crippen LogP contribution in [0.5, 0.6) is 0 Å². The molecule has 174 valence electrons. The summed E-state index contributed by atoms with van der Waals surface area (Å²) in [6.07, 6.45) is 4.72. The monoisotopic (exact) mass is 497 g/mol. The van der Waals surface area contributed by atoms with Crippen LogP contribution in [-0.2, 0) is 0 Å². The minimum Gasteiger partial charge on any atom is -0.380 e. The van der Waals surface area contributed by atoms with Crippen LogP contribution in [0.2, 0.25) is 10.0 Å². The largest absolute Gasteiger partial charge is 0.380 e. The molecule has 6 rings (SSSR count). The number of fused-ring (bicyclic) bond motifs is 1. The van der Waals surface area contributed by atoms with Crippen molar-refractivity contribution in [2.45, 2.75) is 31.2 Å². The maximum Gasteiger partial charge on any atom is 0.253 e. The molecule has 3 N–H and O–H groups in total. The third-order valence-corrected chi connectivity index (χ3v) is 6.85. The number of hydrogen-bond acceptors (Lipinski definition) is 7. The first-order chi connectivity index (χ1) is 16.5. The normalized spacial score (nSPS) is 18.1. The fourth-order valence-corrected chi connectivity index (χ4v) is 4.84. The predicted octanol–water partition coefficient (Wildman–Crippen LogP) is 4.18. The number of nitrogens with two attached hydrogens (primary N) is 1. The molecule has 1 amide bonds. The molecular weight excluding hydrogens is 477 g/mol. The Morgan fingerprint density at radius 1 is 1.18 bits per heavy atom. The Labute approximate surface area is 204 Å². The van der Waals surface area contributed by atoms with Crippen LogP contribution < -0.4 is 16.0 Å². The molecule has 0 unspecified atom stereocenters. The Bertz CT molecular complexity index is 1410. The molecule has 0 radical (unpaired) electrons. The first kappa shape index (κ1) is 21.2. The van der Waals surface area contributed by atoms with Gasteiger partial charge in [0.05, 0.1) is 27.3 Å². The minimum absolute atomic E-state index is 0.0611. The second kappa shape index (κ2) is 8.18. The number of carbonyl (C=O) groups is 1. The van der Waals surface area contributed by atoms with Crippen LogP contribution in [0.3, 0.4) is 0 Å². The first-order valence-electron chi connectivity index (χ1n) is 11.1. The maximum absolute atomic E-state index is 13.0. The standard InChI is InChI=1S/C23H21Cl2N7O2/c24-13-7-17-20(34-30-21(17)26)19(8-13)31-6-5-14(10-31)28-23(33)16-4-3-15(9-18(16)25)32-11-27-22(29-32)12-1-2-12/h3-4,7-9,11-12,14H,1-2,5-6,10H2,(H2,26,30)(H,28,33)/t14-/m1/s1. The topological polar surface area (TPSA) is 115 Å². The lowest BCUT2D eigenvalue weighted by Crippen LogP contribution is -2.37. The van der Waals surface area contributed by atoms with Crippen molar-refractivity contribution in [1.29, 1.82) is 0 Å². The molecule has 9 nitrogen and oxygen atoms in total.